The minimum Gasteiger partial charge on any atom is -0.324 e. The summed E-state index contributed by atoms with van der Waals surface area (Å²) in [5.74, 6) is 0. The Balaban J connectivity index is 2.44. The van der Waals surface area contributed by atoms with Gasteiger partial charge in [0.25, 0.3) is 0 Å². The summed E-state index contributed by atoms with van der Waals surface area (Å²) in [5.41, 5.74) is 0. The fraction of sp³-hybridized carbons (Fsp3) is 1.00. The molecule has 1 atom stereocenters. The molecule has 0 spiro atoms. The van der Waals surface area contributed by atoms with E-state index in [1.54, 1.807) is 0 Å². The van der Waals surface area contributed by atoms with Gasteiger partial charge in [0.1, 0.15) is 0 Å². The molecule has 1 saturated heterocycles. The van der Waals surface area contributed by atoms with E-state index in [4.69, 9.17) is 9.79 Å². The van der Waals surface area contributed by atoms with E-state index >= 15 is 0 Å². The van der Waals surface area contributed by atoms with Gasteiger partial charge in [0.2, 0.25) is 0 Å². The molecule has 1 radical (unpaired) electrons. The monoisotopic (exact) mass is 208 g/mol. The standard InChI is InChI=1S/C7H15NO4P/c9-5-4-8-3-1-2-7(8)6-13(10,11)12/h7H,1-6H2,(H2,10,11,12). The van der Waals surface area contributed by atoms with Gasteiger partial charge in [0, 0.05) is 12.6 Å². The van der Waals surface area contributed by atoms with Crippen molar-refractivity contribution in [2.75, 3.05) is 25.9 Å². The van der Waals surface area contributed by atoms with Crippen molar-refractivity contribution in [3.63, 3.8) is 0 Å². The van der Waals surface area contributed by atoms with Gasteiger partial charge in [-0.25, -0.2) is 5.11 Å². The Morgan fingerprint density at radius 2 is 2.15 bits per heavy atom. The average molecular weight is 208 g/mol. The molecule has 5 nitrogen and oxygen atoms in total. The molecule has 0 saturated carbocycles. The van der Waals surface area contributed by atoms with Crippen molar-refractivity contribution >= 4 is 7.60 Å². The van der Waals surface area contributed by atoms with Crippen LogP contribution >= 0.6 is 7.60 Å². The zero-order valence-corrected chi connectivity index (χ0v) is 8.32. The summed E-state index contributed by atoms with van der Waals surface area (Å²) in [7, 11) is -3.92. The van der Waals surface area contributed by atoms with E-state index in [0.29, 0.717) is 6.54 Å². The molecule has 0 aromatic heterocycles. The van der Waals surface area contributed by atoms with Gasteiger partial charge < -0.3 is 9.79 Å². The summed E-state index contributed by atoms with van der Waals surface area (Å²) in [6, 6.07) is -0.0882. The van der Waals surface area contributed by atoms with Crippen molar-refractivity contribution in [1.29, 1.82) is 0 Å². The Labute approximate surface area is 77.5 Å². The minimum atomic E-state index is -3.92. The zero-order chi connectivity index (χ0) is 9.90. The van der Waals surface area contributed by atoms with E-state index in [0.717, 1.165) is 19.4 Å². The third-order valence-electron chi connectivity index (χ3n) is 2.33. The highest BCUT2D eigenvalue weighted by atomic mass is 31.2. The molecule has 1 aliphatic heterocycles. The van der Waals surface area contributed by atoms with Crippen LogP contribution in [0.1, 0.15) is 12.8 Å². The van der Waals surface area contributed by atoms with Gasteiger partial charge in [-0.2, -0.15) is 0 Å². The van der Waals surface area contributed by atoms with Crippen LogP contribution in [0.25, 0.3) is 0 Å². The van der Waals surface area contributed by atoms with Crippen LogP contribution in [0.3, 0.4) is 0 Å². The van der Waals surface area contributed by atoms with Crippen LogP contribution < -0.4 is 0 Å². The molecule has 1 aliphatic rings. The Hall–Kier alpha value is 0.0700. The van der Waals surface area contributed by atoms with Crippen molar-refractivity contribution in [3.05, 3.63) is 0 Å². The molecule has 0 aromatic carbocycles. The Morgan fingerprint density at radius 1 is 1.46 bits per heavy atom. The maximum absolute atomic E-state index is 10.7. The number of nitrogens with zero attached hydrogens (tertiary/aromatic N) is 1. The van der Waals surface area contributed by atoms with Crippen LogP contribution in [0.4, 0.5) is 0 Å². The average Bonchev–Trinajstić information content (AvgIpc) is 2.34. The lowest BCUT2D eigenvalue weighted by atomic mass is 10.2. The van der Waals surface area contributed by atoms with Gasteiger partial charge in [-0.3, -0.25) is 9.46 Å². The third-order valence-corrected chi connectivity index (χ3v) is 3.22. The maximum atomic E-state index is 10.7. The van der Waals surface area contributed by atoms with Crippen molar-refractivity contribution < 1.29 is 19.5 Å². The van der Waals surface area contributed by atoms with Crippen molar-refractivity contribution in [1.82, 2.24) is 4.90 Å². The van der Waals surface area contributed by atoms with Gasteiger partial charge in [-0.15, -0.1) is 0 Å². The molecule has 1 fully saturated rings. The molecule has 0 aliphatic carbocycles. The molecule has 6 heteroatoms. The van der Waals surface area contributed by atoms with Gasteiger partial charge in [-0.05, 0) is 19.4 Å². The Kier molecular flexibility index (Phi) is 3.88. The van der Waals surface area contributed by atoms with Crippen LogP contribution in [0.15, 0.2) is 0 Å². The minimum absolute atomic E-state index is 0.0882. The van der Waals surface area contributed by atoms with E-state index in [1.807, 2.05) is 4.90 Å². The van der Waals surface area contributed by atoms with Crippen LogP contribution in [0.2, 0.25) is 0 Å². The fourth-order valence-corrected chi connectivity index (χ4v) is 2.75. The molecular weight excluding hydrogens is 193 g/mol. The van der Waals surface area contributed by atoms with E-state index in [9.17, 15) is 9.67 Å². The Bertz CT molecular complexity index is 205. The summed E-state index contributed by atoms with van der Waals surface area (Å²) < 4.78 is 10.7. The number of hydrogen-bond acceptors (Lipinski definition) is 2. The topological polar surface area (TPSA) is 80.7 Å². The lowest BCUT2D eigenvalue weighted by Gasteiger charge is -2.23. The van der Waals surface area contributed by atoms with E-state index in [1.165, 1.54) is 0 Å². The van der Waals surface area contributed by atoms with Crippen LogP contribution in [0.5, 0.6) is 0 Å². The summed E-state index contributed by atoms with van der Waals surface area (Å²) in [4.78, 5) is 19.4. The first-order valence-corrected chi connectivity index (χ1v) is 6.19. The molecule has 13 heavy (non-hydrogen) atoms. The highest BCUT2D eigenvalue weighted by molar-refractivity contribution is 7.51. The molecule has 1 unspecified atom stereocenters. The number of likely N-dealkylation sites (tertiary alicyclic amines) is 1. The summed E-state index contributed by atoms with van der Waals surface area (Å²) >= 11 is 0. The normalized spacial score (nSPS) is 25.3. The van der Waals surface area contributed by atoms with Crippen LogP contribution in [0, 0.1) is 0 Å². The second-order valence-corrected chi connectivity index (χ2v) is 5.08. The lowest BCUT2D eigenvalue weighted by Crippen LogP contribution is -2.34. The third kappa shape index (κ3) is 3.75. The van der Waals surface area contributed by atoms with Gasteiger partial charge >= 0.3 is 7.60 Å². The molecular formula is C7H15NO4P. The predicted molar refractivity (Wildman–Crippen MR) is 47.1 cm³/mol. The summed E-state index contributed by atoms with van der Waals surface area (Å²) in [5, 5.41) is 10.4. The molecule has 0 bridgehead atoms. The SMILES string of the molecule is [O]CCN1CCCC1CP(=O)(O)O. The largest absolute Gasteiger partial charge is 0.327 e. The molecule has 2 N–H and O–H groups in total. The fourth-order valence-electron chi connectivity index (χ4n) is 1.79. The first kappa shape index (κ1) is 11.1. The van der Waals surface area contributed by atoms with Crippen LogP contribution in [-0.4, -0.2) is 46.6 Å². The Morgan fingerprint density at radius 3 is 2.69 bits per heavy atom. The molecule has 0 amide bonds. The predicted octanol–water partition coefficient (Wildman–Crippen LogP) is 0.0590. The van der Waals surface area contributed by atoms with E-state index < -0.39 is 7.60 Å². The van der Waals surface area contributed by atoms with E-state index in [2.05, 4.69) is 0 Å². The second-order valence-electron chi connectivity index (χ2n) is 3.38. The molecule has 1 heterocycles. The van der Waals surface area contributed by atoms with Gasteiger partial charge in [0.05, 0.1) is 12.8 Å². The summed E-state index contributed by atoms with van der Waals surface area (Å²) in [6.45, 7) is 1.01. The van der Waals surface area contributed by atoms with Gasteiger partial charge in [0.15, 0.2) is 0 Å². The highest BCUT2D eigenvalue weighted by Crippen LogP contribution is 2.38. The molecule has 0 aromatic rings. The van der Waals surface area contributed by atoms with E-state index in [-0.39, 0.29) is 18.8 Å². The quantitative estimate of drug-likeness (QED) is 0.640. The first-order chi connectivity index (χ1) is 6.03. The smallest absolute Gasteiger partial charge is 0.324 e. The van der Waals surface area contributed by atoms with Crippen molar-refractivity contribution in [3.8, 4) is 0 Å². The summed E-state index contributed by atoms with van der Waals surface area (Å²) in [6.07, 6.45) is 1.63. The number of rotatable bonds is 4. The van der Waals surface area contributed by atoms with Crippen LogP contribution in [-0.2, 0) is 9.67 Å². The highest BCUT2D eigenvalue weighted by Gasteiger charge is 2.29. The lowest BCUT2D eigenvalue weighted by molar-refractivity contribution is 0.137. The molecule has 1 rings (SSSR count). The van der Waals surface area contributed by atoms with Crippen molar-refractivity contribution in [2.45, 2.75) is 18.9 Å². The molecule has 77 valence electrons. The van der Waals surface area contributed by atoms with Crippen molar-refractivity contribution in [2.24, 2.45) is 0 Å². The zero-order valence-electron chi connectivity index (χ0n) is 7.43. The number of hydrogen-bond donors (Lipinski definition) is 2. The second kappa shape index (κ2) is 4.53. The van der Waals surface area contributed by atoms with Gasteiger partial charge in [-0.1, -0.05) is 0 Å². The first-order valence-electron chi connectivity index (χ1n) is 4.39. The maximum Gasteiger partial charge on any atom is 0.327 e.